The monoisotopic (exact) mass is 666 g/mol. The van der Waals surface area contributed by atoms with Crippen molar-refractivity contribution in [1.29, 1.82) is 0 Å². The van der Waals surface area contributed by atoms with Crippen LogP contribution in [-0.4, -0.2) is 68.0 Å². The number of hydrogen-bond donors (Lipinski definition) is 4. The van der Waals surface area contributed by atoms with Crippen LogP contribution in [0.15, 0.2) is 79.1 Å². The number of ether oxygens (including phenoxy) is 1. The molecule has 5 aromatic rings. The number of benzene rings is 3. The van der Waals surface area contributed by atoms with Gasteiger partial charge in [0.2, 0.25) is 18.2 Å². The van der Waals surface area contributed by atoms with Crippen molar-refractivity contribution in [3.05, 3.63) is 96.1 Å². The van der Waals surface area contributed by atoms with Gasteiger partial charge in [0.15, 0.2) is 5.82 Å². The van der Waals surface area contributed by atoms with Gasteiger partial charge < -0.3 is 25.3 Å². The van der Waals surface area contributed by atoms with Crippen LogP contribution in [0.2, 0.25) is 0 Å². The first kappa shape index (κ1) is 34.8. The van der Waals surface area contributed by atoms with Gasteiger partial charge in [-0.1, -0.05) is 54.6 Å². The number of fused-ring (bicyclic) bond motifs is 2. The molecule has 1 unspecified atom stereocenters. The van der Waals surface area contributed by atoms with Gasteiger partial charge in [-0.3, -0.25) is 24.0 Å². The second kappa shape index (κ2) is 14.3. The van der Waals surface area contributed by atoms with Crippen LogP contribution in [0, 0.1) is 0 Å². The summed E-state index contributed by atoms with van der Waals surface area (Å²) in [5.74, 6) is -2.10. The third-order valence-corrected chi connectivity index (χ3v) is 8.05. The Morgan fingerprint density at radius 2 is 1.65 bits per heavy atom. The van der Waals surface area contributed by atoms with Crippen LogP contribution in [0.5, 0.6) is 0 Å². The molecule has 2 atom stereocenters. The van der Waals surface area contributed by atoms with Crippen LogP contribution < -0.4 is 10.6 Å². The summed E-state index contributed by atoms with van der Waals surface area (Å²) in [6, 6.07) is 20.1. The van der Waals surface area contributed by atoms with Gasteiger partial charge in [0.05, 0.1) is 12.2 Å². The number of nitrogens with zero attached hydrogens (tertiary/aromatic N) is 2. The number of aromatic amines is 2. The van der Waals surface area contributed by atoms with E-state index in [0.29, 0.717) is 12.0 Å². The molecule has 0 saturated carbocycles. The van der Waals surface area contributed by atoms with E-state index in [2.05, 4.69) is 25.6 Å². The number of nitrogens with one attached hydrogen (secondary N) is 4. The molecule has 2 aromatic heterocycles. The second-order valence-electron chi connectivity index (χ2n) is 13.2. The van der Waals surface area contributed by atoms with Crippen molar-refractivity contribution < 1.29 is 28.8 Å². The highest BCUT2D eigenvalue weighted by Gasteiger charge is 2.39. The summed E-state index contributed by atoms with van der Waals surface area (Å²) in [5.41, 5.74) is 0.122. The van der Waals surface area contributed by atoms with Gasteiger partial charge in [-0.25, -0.2) is 10.0 Å². The van der Waals surface area contributed by atoms with Gasteiger partial charge in [0, 0.05) is 29.7 Å². The number of carbonyl (C=O) groups excluding carboxylic acids is 4. The lowest BCUT2D eigenvalue weighted by atomic mass is 9.95. The lowest BCUT2D eigenvalue weighted by Crippen LogP contribution is -2.59. The van der Waals surface area contributed by atoms with Gasteiger partial charge in [-0.05, 0) is 75.6 Å². The third-order valence-electron chi connectivity index (χ3n) is 8.05. The number of H-pyrrole nitrogens is 2. The highest BCUT2D eigenvalue weighted by Crippen LogP contribution is 2.29. The van der Waals surface area contributed by atoms with Crippen molar-refractivity contribution in [1.82, 2.24) is 25.3 Å². The summed E-state index contributed by atoms with van der Waals surface area (Å²) in [7, 11) is 0. The Morgan fingerprint density at radius 1 is 0.939 bits per heavy atom. The van der Waals surface area contributed by atoms with Crippen LogP contribution in [0.1, 0.15) is 64.4 Å². The molecular weight excluding hydrogens is 624 g/mol. The van der Waals surface area contributed by atoms with Gasteiger partial charge in [0.25, 0.3) is 0 Å². The molecule has 0 aliphatic heterocycles. The highest BCUT2D eigenvalue weighted by molar-refractivity contribution is 5.99. The maximum absolute atomic E-state index is 13.9. The number of imidazole rings is 1. The number of aromatic nitrogens is 3. The Hall–Kier alpha value is -5.49. The molecule has 0 bridgehead atoms. The van der Waals surface area contributed by atoms with E-state index < -0.39 is 40.9 Å². The smallest absolute Gasteiger partial charge is 0.321 e. The van der Waals surface area contributed by atoms with E-state index in [9.17, 15) is 19.2 Å². The first-order chi connectivity index (χ1) is 23.3. The normalized spacial score (nSPS) is 13.1. The van der Waals surface area contributed by atoms with Crippen molar-refractivity contribution in [3.63, 3.8) is 0 Å². The number of rotatable bonds is 13. The number of anilines is 1. The molecule has 3 amide bonds. The van der Waals surface area contributed by atoms with E-state index in [-0.39, 0.29) is 24.7 Å². The van der Waals surface area contributed by atoms with E-state index in [1.807, 2.05) is 66.7 Å². The minimum Gasteiger partial charge on any atom is -0.465 e. The Balaban J connectivity index is 1.43. The van der Waals surface area contributed by atoms with Gasteiger partial charge in [0.1, 0.15) is 23.3 Å². The Bertz CT molecular complexity index is 1970. The second-order valence-corrected chi connectivity index (χ2v) is 13.2. The molecule has 12 nitrogen and oxygen atoms in total. The van der Waals surface area contributed by atoms with E-state index in [1.54, 1.807) is 33.9 Å². The zero-order valence-electron chi connectivity index (χ0n) is 28.5. The zero-order valence-corrected chi connectivity index (χ0v) is 28.5. The zero-order chi connectivity index (χ0) is 35.3. The summed E-state index contributed by atoms with van der Waals surface area (Å²) in [6.45, 7) is 10.3. The number of para-hydroxylation sites is 1. The van der Waals surface area contributed by atoms with Gasteiger partial charge in [-0.2, -0.15) is 0 Å². The molecule has 256 valence electrons. The van der Waals surface area contributed by atoms with Crippen molar-refractivity contribution in [2.45, 2.75) is 71.1 Å². The molecular formula is C37H42N6O6. The first-order valence-electron chi connectivity index (χ1n) is 16.1. The minimum atomic E-state index is -1.47. The fourth-order valence-electron chi connectivity index (χ4n) is 5.51. The standard InChI is InChI=1S/C37H42N6O6/c1-7-48-34(46)31(25-17-16-23-12-8-9-13-24(23)18-25)32-39-21-30(41-32)42-33(45)29(19-26-20-38-28-15-11-10-14-27(26)28)40-35(47)37(5,6)43(22-44)49-36(2,3)4/h8-18,20-22,29,31,38H,7,19H2,1-6H3,(H,39,41)(H,40,47)(H,42,45)/t29-,31?/m1/s1. The molecule has 49 heavy (non-hydrogen) atoms. The predicted octanol–water partition coefficient (Wildman–Crippen LogP) is 5.37. The quantitative estimate of drug-likeness (QED) is 0.0747. The number of hydrogen-bond acceptors (Lipinski definition) is 7. The molecule has 0 saturated heterocycles. The van der Waals surface area contributed by atoms with Crippen molar-refractivity contribution in [2.24, 2.45) is 0 Å². The average Bonchev–Trinajstić information content (AvgIpc) is 3.69. The number of carbonyl (C=O) groups is 4. The topological polar surface area (TPSA) is 159 Å². The SMILES string of the molecule is CCOC(=O)C(c1ccc2ccccc2c1)c1nc(NC(=O)[C@@H](Cc2c[nH]c3ccccc23)NC(=O)C(C)(C)N(C=O)OC(C)(C)C)c[nH]1. The fraction of sp³-hybridized carbons (Fsp3) is 0.324. The lowest BCUT2D eigenvalue weighted by Gasteiger charge is -2.37. The molecule has 4 N–H and O–H groups in total. The molecule has 0 aliphatic rings. The number of hydroxylamine groups is 2. The molecule has 0 fully saturated rings. The first-order valence-corrected chi connectivity index (χ1v) is 16.1. The van der Waals surface area contributed by atoms with Gasteiger partial charge in [-0.15, -0.1) is 0 Å². The van der Waals surface area contributed by atoms with Crippen molar-refractivity contribution in [2.75, 3.05) is 11.9 Å². The minimum absolute atomic E-state index is 0.124. The largest absolute Gasteiger partial charge is 0.465 e. The summed E-state index contributed by atoms with van der Waals surface area (Å²) < 4.78 is 5.41. The molecule has 0 aliphatic carbocycles. The molecule has 2 heterocycles. The Kier molecular flexibility index (Phi) is 10.2. The molecule has 0 radical (unpaired) electrons. The van der Waals surface area contributed by atoms with E-state index in [0.717, 1.165) is 32.3 Å². The van der Waals surface area contributed by atoms with Crippen LogP contribution in [0.3, 0.4) is 0 Å². The summed E-state index contributed by atoms with van der Waals surface area (Å²) >= 11 is 0. The maximum atomic E-state index is 13.9. The summed E-state index contributed by atoms with van der Waals surface area (Å²) in [4.78, 5) is 69.5. The molecule has 0 spiro atoms. The Morgan fingerprint density at radius 3 is 2.37 bits per heavy atom. The fourth-order valence-corrected chi connectivity index (χ4v) is 5.51. The highest BCUT2D eigenvalue weighted by atomic mass is 16.7. The predicted molar refractivity (Wildman–Crippen MR) is 186 cm³/mol. The lowest BCUT2D eigenvalue weighted by molar-refractivity contribution is -0.247. The van der Waals surface area contributed by atoms with Gasteiger partial charge >= 0.3 is 5.97 Å². The van der Waals surface area contributed by atoms with E-state index in [4.69, 9.17) is 9.57 Å². The molecule has 3 aromatic carbocycles. The van der Waals surface area contributed by atoms with Crippen LogP contribution in [0.25, 0.3) is 21.7 Å². The summed E-state index contributed by atoms with van der Waals surface area (Å²) in [5, 5.41) is 9.45. The summed E-state index contributed by atoms with van der Waals surface area (Å²) in [6.07, 6.45) is 3.85. The Labute approximate surface area is 284 Å². The number of esters is 1. The molecule has 12 heteroatoms. The average molecular weight is 667 g/mol. The number of amides is 3. The van der Waals surface area contributed by atoms with Crippen LogP contribution >= 0.6 is 0 Å². The molecule has 5 rings (SSSR count). The van der Waals surface area contributed by atoms with E-state index in [1.165, 1.54) is 20.0 Å². The van der Waals surface area contributed by atoms with Crippen LogP contribution in [-0.2, 0) is 35.2 Å². The third kappa shape index (κ3) is 7.98. The maximum Gasteiger partial charge on any atom is 0.321 e. The van der Waals surface area contributed by atoms with Crippen molar-refractivity contribution >= 4 is 51.7 Å². The van der Waals surface area contributed by atoms with Crippen LogP contribution in [0.4, 0.5) is 5.82 Å². The van der Waals surface area contributed by atoms with Crippen molar-refractivity contribution in [3.8, 4) is 0 Å². The van der Waals surface area contributed by atoms with E-state index >= 15 is 0 Å².